The molecule has 1 amide bonds. The second-order valence-electron chi connectivity index (χ2n) is 7.03. The van der Waals surface area contributed by atoms with Gasteiger partial charge in [0.2, 0.25) is 9.70 Å². The predicted octanol–water partition coefficient (Wildman–Crippen LogP) is 3.17. The van der Waals surface area contributed by atoms with Crippen molar-refractivity contribution in [3.8, 4) is 0 Å². The predicted molar refractivity (Wildman–Crippen MR) is 103 cm³/mol. The van der Waals surface area contributed by atoms with E-state index in [1.165, 1.54) is 0 Å². The Morgan fingerprint density at radius 2 is 1.88 bits per heavy atom. The summed E-state index contributed by atoms with van der Waals surface area (Å²) < 4.78 is 21.4. The van der Waals surface area contributed by atoms with E-state index in [1.54, 1.807) is 6.08 Å². The lowest BCUT2D eigenvalue weighted by molar-refractivity contribution is -0.124. The van der Waals surface area contributed by atoms with E-state index in [1.807, 2.05) is 13.8 Å². The van der Waals surface area contributed by atoms with Gasteiger partial charge < -0.3 is 5.32 Å². The van der Waals surface area contributed by atoms with E-state index >= 15 is 0 Å². The SMILES string of the molecule is CC1(C)[C@@H](C=C(Cl)Cl)[C@@H]1C(=O)N[C@H](N[C@@H]1CCS(=O)(=O)C1)C(Cl)(Cl)Cl. The van der Waals surface area contributed by atoms with Crippen LogP contribution in [0.1, 0.15) is 20.3 Å². The first-order chi connectivity index (χ1) is 11.2. The Labute approximate surface area is 172 Å². The Morgan fingerprint density at radius 3 is 2.32 bits per heavy atom. The van der Waals surface area contributed by atoms with Crippen molar-refractivity contribution in [1.82, 2.24) is 10.6 Å². The van der Waals surface area contributed by atoms with Crippen LogP contribution in [0.25, 0.3) is 0 Å². The third-order valence-electron chi connectivity index (χ3n) is 4.75. The lowest BCUT2D eigenvalue weighted by atomic mass is 10.1. The number of rotatable bonds is 5. The fourth-order valence-electron chi connectivity index (χ4n) is 3.24. The molecule has 11 heteroatoms. The number of alkyl halides is 3. The quantitative estimate of drug-likeness (QED) is 0.476. The molecule has 1 saturated heterocycles. The summed E-state index contributed by atoms with van der Waals surface area (Å²) in [5.74, 6) is -0.792. The summed E-state index contributed by atoms with van der Waals surface area (Å²) in [6, 6.07) is -0.383. The molecule has 0 spiro atoms. The molecule has 1 heterocycles. The summed E-state index contributed by atoms with van der Waals surface area (Å²) in [5, 5.41) is 5.61. The maximum atomic E-state index is 12.6. The summed E-state index contributed by atoms with van der Waals surface area (Å²) in [6.45, 7) is 3.83. The fraction of sp³-hybridized carbons (Fsp3) is 0.786. The van der Waals surface area contributed by atoms with Crippen LogP contribution in [0.15, 0.2) is 10.6 Å². The molecule has 0 aromatic heterocycles. The van der Waals surface area contributed by atoms with E-state index in [2.05, 4.69) is 10.6 Å². The van der Waals surface area contributed by atoms with E-state index in [0.717, 1.165) is 0 Å². The molecule has 4 atom stereocenters. The minimum Gasteiger partial charge on any atom is -0.336 e. The minimum absolute atomic E-state index is 0.0533. The monoisotopic (exact) mass is 470 g/mol. The number of carbonyl (C=O) groups excluding carboxylic acids is 1. The number of hydrogen-bond acceptors (Lipinski definition) is 4. The van der Waals surface area contributed by atoms with Crippen LogP contribution >= 0.6 is 58.0 Å². The molecule has 5 nitrogen and oxygen atoms in total. The Bertz CT molecular complexity index is 670. The Balaban J connectivity index is 2.06. The third kappa shape index (κ3) is 5.53. The number of carbonyl (C=O) groups is 1. The smallest absolute Gasteiger partial charge is 0.225 e. The molecule has 25 heavy (non-hydrogen) atoms. The van der Waals surface area contributed by atoms with Gasteiger partial charge in [-0.05, 0) is 23.8 Å². The van der Waals surface area contributed by atoms with Crippen LogP contribution in [0.5, 0.6) is 0 Å². The Kier molecular flexibility index (Phi) is 6.59. The molecule has 1 aliphatic carbocycles. The summed E-state index contributed by atoms with van der Waals surface area (Å²) in [4.78, 5) is 12.6. The summed E-state index contributed by atoms with van der Waals surface area (Å²) in [5.41, 5.74) is -0.325. The highest BCUT2D eigenvalue weighted by atomic mass is 35.6. The molecule has 0 unspecified atom stereocenters. The van der Waals surface area contributed by atoms with Gasteiger partial charge in [0.05, 0.1) is 17.4 Å². The maximum Gasteiger partial charge on any atom is 0.225 e. The normalized spacial score (nSPS) is 31.2. The summed E-state index contributed by atoms with van der Waals surface area (Å²) >= 11 is 29.3. The van der Waals surface area contributed by atoms with Gasteiger partial charge in [-0.3, -0.25) is 10.1 Å². The number of halogens is 5. The van der Waals surface area contributed by atoms with Gasteiger partial charge in [-0.1, -0.05) is 71.9 Å². The van der Waals surface area contributed by atoms with Gasteiger partial charge in [-0.2, -0.15) is 0 Å². The topological polar surface area (TPSA) is 75.3 Å². The average molecular weight is 473 g/mol. The highest BCUT2D eigenvalue weighted by Gasteiger charge is 2.61. The summed E-state index contributed by atoms with van der Waals surface area (Å²) in [7, 11) is -3.10. The zero-order chi connectivity index (χ0) is 19.2. The van der Waals surface area contributed by atoms with Crippen molar-refractivity contribution in [1.29, 1.82) is 0 Å². The van der Waals surface area contributed by atoms with Gasteiger partial charge >= 0.3 is 0 Å². The number of amides is 1. The van der Waals surface area contributed by atoms with Crippen LogP contribution in [-0.2, 0) is 14.6 Å². The van der Waals surface area contributed by atoms with Crippen LogP contribution in [0.4, 0.5) is 0 Å². The zero-order valence-corrected chi connectivity index (χ0v) is 18.1. The molecule has 2 rings (SSSR count). The van der Waals surface area contributed by atoms with E-state index < -0.39 is 19.8 Å². The van der Waals surface area contributed by atoms with Crippen molar-refractivity contribution >= 4 is 73.7 Å². The van der Waals surface area contributed by atoms with Crippen molar-refractivity contribution in [3.63, 3.8) is 0 Å². The molecule has 1 saturated carbocycles. The van der Waals surface area contributed by atoms with Crippen molar-refractivity contribution in [2.75, 3.05) is 11.5 Å². The first-order valence-corrected chi connectivity index (χ1v) is 11.3. The number of allylic oxidation sites excluding steroid dienone is 1. The average Bonchev–Trinajstić information content (AvgIpc) is 2.75. The van der Waals surface area contributed by atoms with Gasteiger partial charge in [0, 0.05) is 6.04 Å². The zero-order valence-electron chi connectivity index (χ0n) is 13.5. The molecule has 0 aromatic rings. The lowest BCUT2D eigenvalue weighted by Crippen LogP contribution is -2.57. The Morgan fingerprint density at radius 1 is 1.28 bits per heavy atom. The molecular weight excluding hydrogens is 453 g/mol. The second kappa shape index (κ2) is 7.53. The minimum atomic E-state index is -3.10. The maximum absolute atomic E-state index is 12.6. The van der Waals surface area contributed by atoms with Gasteiger partial charge in [-0.15, -0.1) is 0 Å². The molecule has 0 radical (unpaired) electrons. The van der Waals surface area contributed by atoms with E-state index in [9.17, 15) is 13.2 Å². The third-order valence-corrected chi connectivity index (χ3v) is 7.42. The molecule has 1 aliphatic heterocycles. The van der Waals surface area contributed by atoms with E-state index in [4.69, 9.17) is 58.0 Å². The van der Waals surface area contributed by atoms with Gasteiger partial charge in [0.1, 0.15) is 10.7 Å². The first-order valence-electron chi connectivity index (χ1n) is 7.60. The summed E-state index contributed by atoms with van der Waals surface area (Å²) in [6.07, 6.45) is 1.00. The van der Waals surface area contributed by atoms with E-state index in [-0.39, 0.29) is 45.2 Å². The van der Waals surface area contributed by atoms with Crippen LogP contribution < -0.4 is 10.6 Å². The van der Waals surface area contributed by atoms with Crippen LogP contribution in [-0.4, -0.2) is 41.8 Å². The van der Waals surface area contributed by atoms with Crippen LogP contribution in [0.2, 0.25) is 0 Å². The molecule has 2 aliphatic rings. The standard InChI is InChI=1S/C14H19Cl5N2O3S/c1-13(2)8(5-9(15)16)10(13)11(22)21-12(14(17,18)19)20-7-3-4-25(23,24)6-7/h5,7-8,10,12,20H,3-4,6H2,1-2H3,(H,21,22)/t7-,8+,10-,12+/m1/s1. The van der Waals surface area contributed by atoms with Crippen LogP contribution in [0, 0.1) is 17.3 Å². The van der Waals surface area contributed by atoms with Crippen LogP contribution in [0.3, 0.4) is 0 Å². The Hall–Kier alpha value is 0.570. The van der Waals surface area contributed by atoms with Gasteiger partial charge in [-0.25, -0.2) is 8.42 Å². The molecular formula is C14H19Cl5N2O3S. The largest absolute Gasteiger partial charge is 0.336 e. The van der Waals surface area contributed by atoms with Crippen molar-refractivity contribution in [2.24, 2.45) is 17.3 Å². The molecule has 2 N–H and O–H groups in total. The molecule has 0 aromatic carbocycles. The van der Waals surface area contributed by atoms with Crippen molar-refractivity contribution in [2.45, 2.75) is 36.3 Å². The highest BCUT2D eigenvalue weighted by molar-refractivity contribution is 7.91. The molecule has 0 bridgehead atoms. The van der Waals surface area contributed by atoms with Gasteiger partial charge in [0.15, 0.2) is 9.84 Å². The van der Waals surface area contributed by atoms with E-state index in [0.29, 0.717) is 6.42 Å². The lowest BCUT2D eigenvalue weighted by Gasteiger charge is -2.29. The number of sulfone groups is 1. The molecule has 2 fully saturated rings. The van der Waals surface area contributed by atoms with Crippen molar-refractivity contribution < 1.29 is 13.2 Å². The fourth-order valence-corrected chi connectivity index (χ4v) is 5.55. The second-order valence-corrected chi connectivity index (χ2v) is 12.6. The number of nitrogens with one attached hydrogen (secondary N) is 2. The molecule has 144 valence electrons. The van der Waals surface area contributed by atoms with Gasteiger partial charge in [0.25, 0.3) is 0 Å². The highest BCUT2D eigenvalue weighted by Crippen LogP contribution is 2.59. The van der Waals surface area contributed by atoms with Crippen molar-refractivity contribution in [3.05, 3.63) is 10.6 Å². The number of hydrogen-bond donors (Lipinski definition) is 2. The first kappa shape index (κ1) is 21.9.